The number of aryl methyl sites for hydroxylation is 2. The number of benzene rings is 1. The van der Waals surface area contributed by atoms with E-state index < -0.39 is 6.04 Å². The van der Waals surface area contributed by atoms with Crippen LogP contribution < -0.4 is 0 Å². The Morgan fingerprint density at radius 2 is 2.07 bits per heavy atom. The van der Waals surface area contributed by atoms with Gasteiger partial charge in [-0.15, -0.1) is 0 Å². The summed E-state index contributed by atoms with van der Waals surface area (Å²) in [6.07, 6.45) is 0.476. The number of nitroso groups, excluding NO2 is 1. The average molecular weight is 189 g/mol. The molecular formula is C11H11NO2. The van der Waals surface area contributed by atoms with E-state index in [2.05, 4.69) is 5.18 Å². The van der Waals surface area contributed by atoms with Crippen molar-refractivity contribution in [3.63, 3.8) is 0 Å². The first-order chi connectivity index (χ1) is 6.63. The number of hydrogen-bond donors (Lipinski definition) is 0. The highest BCUT2D eigenvalue weighted by Gasteiger charge is 2.32. The molecule has 0 heterocycles. The van der Waals surface area contributed by atoms with Crippen LogP contribution in [0, 0.1) is 18.8 Å². The quantitative estimate of drug-likeness (QED) is 0.635. The molecule has 3 nitrogen and oxygen atoms in total. The maximum Gasteiger partial charge on any atom is 0.191 e. The molecule has 0 aromatic heterocycles. The van der Waals surface area contributed by atoms with Crippen LogP contribution in [-0.4, -0.2) is 11.8 Å². The molecule has 1 aliphatic rings. The Hall–Kier alpha value is -1.51. The number of fused-ring (bicyclic) bond motifs is 1. The van der Waals surface area contributed by atoms with Crippen molar-refractivity contribution in [3.05, 3.63) is 39.3 Å². The van der Waals surface area contributed by atoms with Gasteiger partial charge in [0, 0.05) is 12.0 Å². The highest BCUT2D eigenvalue weighted by Crippen LogP contribution is 2.28. The number of carbonyl (C=O) groups excluding carboxylic acids is 1. The molecule has 1 atom stereocenters. The third kappa shape index (κ3) is 1.16. The standard InChI is InChI=1S/C11H11NO2/c1-6-3-7(2)8-5-10(12-14)11(13)9(8)4-6/h3-4,10H,5H2,1-2H3. The Morgan fingerprint density at radius 1 is 1.36 bits per heavy atom. The molecule has 0 bridgehead atoms. The van der Waals surface area contributed by atoms with Gasteiger partial charge in [-0.1, -0.05) is 16.8 Å². The zero-order chi connectivity index (χ0) is 10.3. The van der Waals surface area contributed by atoms with E-state index in [1.165, 1.54) is 0 Å². The van der Waals surface area contributed by atoms with Crippen molar-refractivity contribution in [1.82, 2.24) is 0 Å². The van der Waals surface area contributed by atoms with E-state index in [4.69, 9.17) is 0 Å². The van der Waals surface area contributed by atoms with Crippen LogP contribution in [-0.2, 0) is 6.42 Å². The third-order valence-electron chi connectivity index (χ3n) is 2.71. The van der Waals surface area contributed by atoms with E-state index in [1.54, 1.807) is 0 Å². The topological polar surface area (TPSA) is 46.5 Å². The van der Waals surface area contributed by atoms with E-state index in [1.807, 2.05) is 26.0 Å². The minimum Gasteiger partial charge on any atom is -0.292 e. The summed E-state index contributed by atoms with van der Waals surface area (Å²) in [5.41, 5.74) is 3.82. The smallest absolute Gasteiger partial charge is 0.191 e. The zero-order valence-corrected chi connectivity index (χ0v) is 8.20. The lowest BCUT2D eigenvalue weighted by Crippen LogP contribution is -2.11. The molecule has 1 aromatic rings. The summed E-state index contributed by atoms with van der Waals surface area (Å²) in [4.78, 5) is 22.0. The van der Waals surface area contributed by atoms with Crippen LogP contribution in [0.3, 0.4) is 0 Å². The summed E-state index contributed by atoms with van der Waals surface area (Å²) in [6.45, 7) is 3.91. The Bertz CT molecular complexity index is 424. The molecule has 72 valence electrons. The summed E-state index contributed by atoms with van der Waals surface area (Å²) in [5, 5.41) is 2.85. The molecule has 0 saturated heterocycles. The van der Waals surface area contributed by atoms with Crippen molar-refractivity contribution in [2.24, 2.45) is 5.18 Å². The lowest BCUT2D eigenvalue weighted by Gasteiger charge is -2.03. The van der Waals surface area contributed by atoms with Gasteiger partial charge in [-0.3, -0.25) is 4.79 Å². The zero-order valence-electron chi connectivity index (χ0n) is 8.20. The van der Waals surface area contributed by atoms with Gasteiger partial charge >= 0.3 is 0 Å². The van der Waals surface area contributed by atoms with Gasteiger partial charge < -0.3 is 0 Å². The van der Waals surface area contributed by atoms with E-state index in [0.29, 0.717) is 12.0 Å². The SMILES string of the molecule is Cc1cc(C)c2c(c1)C(=O)C(N=O)C2. The van der Waals surface area contributed by atoms with E-state index in [9.17, 15) is 9.70 Å². The van der Waals surface area contributed by atoms with Gasteiger partial charge in [0.2, 0.25) is 0 Å². The van der Waals surface area contributed by atoms with Gasteiger partial charge in [-0.25, -0.2) is 0 Å². The molecule has 0 amide bonds. The number of ketones is 1. The second-order valence-corrected chi connectivity index (χ2v) is 3.80. The van der Waals surface area contributed by atoms with Crippen LogP contribution >= 0.6 is 0 Å². The number of nitrogens with zero attached hydrogens (tertiary/aromatic N) is 1. The van der Waals surface area contributed by atoms with Crippen LogP contribution in [0.15, 0.2) is 17.3 Å². The van der Waals surface area contributed by atoms with Gasteiger partial charge in [-0.05, 0) is 31.0 Å². The summed E-state index contributed by atoms with van der Waals surface area (Å²) < 4.78 is 0. The molecule has 0 fully saturated rings. The van der Waals surface area contributed by atoms with E-state index in [0.717, 1.165) is 16.7 Å². The van der Waals surface area contributed by atoms with Gasteiger partial charge in [0.15, 0.2) is 11.8 Å². The van der Waals surface area contributed by atoms with Crippen LogP contribution in [0.25, 0.3) is 0 Å². The van der Waals surface area contributed by atoms with Crippen molar-refractivity contribution < 1.29 is 4.79 Å². The Morgan fingerprint density at radius 3 is 2.71 bits per heavy atom. The number of carbonyl (C=O) groups is 1. The molecule has 1 aromatic carbocycles. The monoisotopic (exact) mass is 189 g/mol. The van der Waals surface area contributed by atoms with E-state index >= 15 is 0 Å². The second kappa shape index (κ2) is 3.01. The average Bonchev–Trinajstić information content (AvgIpc) is 2.44. The van der Waals surface area contributed by atoms with Crippen molar-refractivity contribution in [1.29, 1.82) is 0 Å². The minimum atomic E-state index is -0.689. The largest absolute Gasteiger partial charge is 0.292 e. The molecule has 0 spiro atoms. The summed E-state index contributed by atoms with van der Waals surface area (Å²) in [7, 11) is 0. The Kier molecular flexibility index (Phi) is 1.95. The molecule has 1 unspecified atom stereocenters. The fourth-order valence-electron chi connectivity index (χ4n) is 2.04. The predicted molar refractivity (Wildman–Crippen MR) is 53.5 cm³/mol. The van der Waals surface area contributed by atoms with Crippen LogP contribution in [0.2, 0.25) is 0 Å². The van der Waals surface area contributed by atoms with Crippen LogP contribution in [0.1, 0.15) is 27.0 Å². The fourth-order valence-corrected chi connectivity index (χ4v) is 2.04. The molecule has 0 saturated carbocycles. The highest BCUT2D eigenvalue weighted by molar-refractivity contribution is 6.05. The first kappa shape index (κ1) is 9.06. The normalized spacial score (nSPS) is 19.6. The first-order valence-corrected chi connectivity index (χ1v) is 4.60. The first-order valence-electron chi connectivity index (χ1n) is 4.60. The van der Waals surface area contributed by atoms with Crippen molar-refractivity contribution in [2.45, 2.75) is 26.3 Å². The lowest BCUT2D eigenvalue weighted by atomic mass is 10.0. The number of rotatable bonds is 1. The van der Waals surface area contributed by atoms with Crippen LogP contribution in [0.5, 0.6) is 0 Å². The maximum absolute atomic E-state index is 11.6. The summed E-state index contributed by atoms with van der Waals surface area (Å²) in [5.74, 6) is -0.123. The summed E-state index contributed by atoms with van der Waals surface area (Å²) >= 11 is 0. The van der Waals surface area contributed by atoms with Gasteiger partial charge in [0.25, 0.3) is 0 Å². The highest BCUT2D eigenvalue weighted by atomic mass is 16.3. The summed E-state index contributed by atoms with van der Waals surface area (Å²) in [6, 6.07) is 3.18. The molecule has 0 aliphatic heterocycles. The fraction of sp³-hybridized carbons (Fsp3) is 0.364. The van der Waals surface area contributed by atoms with Crippen molar-refractivity contribution in [2.75, 3.05) is 0 Å². The number of hydrogen-bond acceptors (Lipinski definition) is 3. The van der Waals surface area contributed by atoms with Crippen molar-refractivity contribution >= 4 is 5.78 Å². The lowest BCUT2D eigenvalue weighted by molar-refractivity contribution is 0.0975. The molecule has 0 radical (unpaired) electrons. The second-order valence-electron chi connectivity index (χ2n) is 3.80. The maximum atomic E-state index is 11.6. The third-order valence-corrected chi connectivity index (χ3v) is 2.71. The Balaban J connectivity index is 2.59. The molecule has 1 aliphatic carbocycles. The molecule has 0 N–H and O–H groups in total. The van der Waals surface area contributed by atoms with Gasteiger partial charge in [0.05, 0.1) is 0 Å². The Labute approximate surface area is 82.1 Å². The molecular weight excluding hydrogens is 178 g/mol. The van der Waals surface area contributed by atoms with Gasteiger partial charge in [-0.2, -0.15) is 4.91 Å². The predicted octanol–water partition coefficient (Wildman–Crippen LogP) is 2.18. The molecule has 14 heavy (non-hydrogen) atoms. The van der Waals surface area contributed by atoms with Crippen molar-refractivity contribution in [3.8, 4) is 0 Å². The van der Waals surface area contributed by atoms with Crippen LogP contribution in [0.4, 0.5) is 0 Å². The minimum absolute atomic E-state index is 0.123. The number of Topliss-reactive ketones (excluding diaryl/α,β-unsaturated/α-hetero) is 1. The molecule has 2 rings (SSSR count). The molecule has 3 heteroatoms. The van der Waals surface area contributed by atoms with E-state index in [-0.39, 0.29) is 5.78 Å². The van der Waals surface area contributed by atoms with Gasteiger partial charge in [0.1, 0.15) is 0 Å².